The lowest BCUT2D eigenvalue weighted by Gasteiger charge is -2.11. The Kier molecular flexibility index (Phi) is 7.59. The van der Waals surface area contributed by atoms with E-state index in [1.165, 1.54) is 61.4 Å². The number of unbranched alkanes of at least 4 members (excludes halogenated alkanes) is 5. The maximum atomic E-state index is 2.34. The van der Waals surface area contributed by atoms with Gasteiger partial charge in [0.05, 0.1) is 0 Å². The summed E-state index contributed by atoms with van der Waals surface area (Å²) in [6.45, 7) is 9.03. The molecule has 0 saturated heterocycles. The normalized spacial score (nSPS) is 11.6. The second-order valence-corrected chi connectivity index (χ2v) is 6.77. The van der Waals surface area contributed by atoms with Gasteiger partial charge in [-0.3, -0.25) is 0 Å². The molecule has 0 aliphatic carbocycles. The van der Waals surface area contributed by atoms with Crippen LogP contribution in [-0.2, 0) is 0 Å². The zero-order valence-electron chi connectivity index (χ0n) is 12.6. The zero-order valence-corrected chi connectivity index (χ0v) is 13.6. The van der Waals surface area contributed by atoms with Crippen LogP contribution in [0.4, 0.5) is 0 Å². The Hall–Kier alpha value is -0.350. The van der Waals surface area contributed by atoms with Crippen LogP contribution in [0, 0.1) is 20.8 Å². The maximum Gasteiger partial charge on any atom is -0.0240 e. The van der Waals surface area contributed by atoms with Crippen LogP contribution in [0.3, 0.4) is 0 Å². The highest BCUT2D eigenvalue weighted by Crippen LogP contribution is 2.20. The minimum atomic E-state index is 1.01. The molecule has 0 bridgehead atoms. The van der Waals surface area contributed by atoms with Crippen LogP contribution in [-0.4, -0.2) is 6.16 Å². The van der Waals surface area contributed by atoms with Crippen molar-refractivity contribution in [2.75, 3.05) is 6.16 Å². The fourth-order valence-corrected chi connectivity index (χ4v) is 3.63. The van der Waals surface area contributed by atoms with Gasteiger partial charge in [0.2, 0.25) is 0 Å². The molecule has 0 aromatic heterocycles. The van der Waals surface area contributed by atoms with E-state index in [9.17, 15) is 0 Å². The van der Waals surface area contributed by atoms with Crippen molar-refractivity contribution in [2.24, 2.45) is 0 Å². The van der Waals surface area contributed by atoms with Gasteiger partial charge >= 0.3 is 0 Å². The first-order chi connectivity index (χ1) is 8.66. The Morgan fingerprint density at radius 3 is 2.22 bits per heavy atom. The fraction of sp³-hybridized carbons (Fsp3) is 0.647. The van der Waals surface area contributed by atoms with Crippen molar-refractivity contribution in [2.45, 2.75) is 66.2 Å². The van der Waals surface area contributed by atoms with Gasteiger partial charge in [-0.1, -0.05) is 59.7 Å². The van der Waals surface area contributed by atoms with Crippen molar-refractivity contribution in [3.05, 3.63) is 28.8 Å². The smallest absolute Gasteiger partial charge is 0.0240 e. The van der Waals surface area contributed by atoms with Gasteiger partial charge in [0, 0.05) is 0 Å². The highest BCUT2D eigenvalue weighted by Gasteiger charge is 2.03. The molecule has 18 heavy (non-hydrogen) atoms. The summed E-state index contributed by atoms with van der Waals surface area (Å²) in [6.07, 6.45) is 9.86. The van der Waals surface area contributed by atoms with Crippen LogP contribution in [0.2, 0.25) is 0 Å². The number of hydrogen-bond donors (Lipinski definition) is 0. The molecule has 1 aromatic rings. The average Bonchev–Trinajstić information content (AvgIpc) is 2.37. The van der Waals surface area contributed by atoms with Crippen LogP contribution >= 0.6 is 8.58 Å². The molecule has 0 nitrogen and oxygen atoms in total. The summed E-state index contributed by atoms with van der Waals surface area (Å²) in [7, 11) is 1.01. The lowest BCUT2D eigenvalue weighted by molar-refractivity contribution is 0.626. The quantitative estimate of drug-likeness (QED) is 0.443. The number of benzene rings is 1. The molecule has 0 radical (unpaired) electrons. The van der Waals surface area contributed by atoms with Gasteiger partial charge < -0.3 is 0 Å². The predicted octanol–water partition coefficient (Wildman–Crippen LogP) is 5.28. The Morgan fingerprint density at radius 1 is 0.833 bits per heavy atom. The summed E-state index contributed by atoms with van der Waals surface area (Å²) < 4.78 is 0. The molecule has 0 N–H and O–H groups in total. The monoisotopic (exact) mass is 264 g/mol. The van der Waals surface area contributed by atoms with E-state index in [0.717, 1.165) is 8.58 Å². The van der Waals surface area contributed by atoms with E-state index in [2.05, 4.69) is 39.8 Å². The molecule has 0 amide bonds. The van der Waals surface area contributed by atoms with Crippen molar-refractivity contribution in [3.63, 3.8) is 0 Å². The van der Waals surface area contributed by atoms with Gasteiger partial charge in [-0.05, 0) is 55.3 Å². The van der Waals surface area contributed by atoms with Crippen molar-refractivity contribution in [3.8, 4) is 0 Å². The van der Waals surface area contributed by atoms with Crippen LogP contribution in [0.1, 0.15) is 62.1 Å². The van der Waals surface area contributed by atoms with Crippen LogP contribution in [0.25, 0.3) is 0 Å². The van der Waals surface area contributed by atoms with E-state index in [1.807, 2.05) is 0 Å². The summed E-state index contributed by atoms with van der Waals surface area (Å²) >= 11 is 0. The van der Waals surface area contributed by atoms with Crippen molar-refractivity contribution in [1.82, 2.24) is 0 Å². The van der Waals surface area contributed by atoms with E-state index in [4.69, 9.17) is 0 Å². The minimum Gasteiger partial charge on any atom is -0.0901 e. The van der Waals surface area contributed by atoms with Crippen molar-refractivity contribution < 1.29 is 0 Å². The molecule has 0 fully saturated rings. The molecule has 1 heteroatoms. The van der Waals surface area contributed by atoms with Gasteiger partial charge in [-0.2, -0.15) is 0 Å². The van der Waals surface area contributed by atoms with Gasteiger partial charge in [0.15, 0.2) is 0 Å². The van der Waals surface area contributed by atoms with E-state index in [1.54, 1.807) is 5.30 Å². The molecule has 0 spiro atoms. The number of rotatable bonds is 8. The second-order valence-electron chi connectivity index (χ2n) is 5.37. The molecule has 102 valence electrons. The molecular formula is C17H29P. The summed E-state index contributed by atoms with van der Waals surface area (Å²) in [6, 6.07) is 4.62. The first-order valence-electron chi connectivity index (χ1n) is 7.47. The SMILES string of the molecule is CCCCCCCCPc1ccc(C)c(C)c1C. The van der Waals surface area contributed by atoms with Gasteiger partial charge in [0.25, 0.3) is 0 Å². The van der Waals surface area contributed by atoms with E-state index in [-0.39, 0.29) is 0 Å². The predicted molar refractivity (Wildman–Crippen MR) is 86.8 cm³/mol. The molecule has 0 heterocycles. The largest absolute Gasteiger partial charge is 0.0901 e. The Bertz CT molecular complexity index is 355. The highest BCUT2D eigenvalue weighted by molar-refractivity contribution is 7.47. The van der Waals surface area contributed by atoms with E-state index >= 15 is 0 Å². The summed E-state index contributed by atoms with van der Waals surface area (Å²) in [5.74, 6) is 0. The van der Waals surface area contributed by atoms with Gasteiger partial charge in [-0.25, -0.2) is 0 Å². The summed E-state index contributed by atoms with van der Waals surface area (Å²) in [4.78, 5) is 0. The Balaban J connectivity index is 2.25. The minimum absolute atomic E-state index is 1.01. The van der Waals surface area contributed by atoms with E-state index < -0.39 is 0 Å². The average molecular weight is 264 g/mol. The topological polar surface area (TPSA) is 0 Å². The van der Waals surface area contributed by atoms with Gasteiger partial charge in [0.1, 0.15) is 0 Å². The third-order valence-electron chi connectivity index (χ3n) is 3.90. The Labute approximate surface area is 115 Å². The second kappa shape index (κ2) is 8.70. The third kappa shape index (κ3) is 5.11. The third-order valence-corrected chi connectivity index (χ3v) is 5.43. The molecule has 0 aliphatic heterocycles. The molecule has 1 rings (SSSR count). The maximum absolute atomic E-state index is 2.34. The van der Waals surface area contributed by atoms with Crippen molar-refractivity contribution >= 4 is 13.9 Å². The van der Waals surface area contributed by atoms with Crippen LogP contribution in [0.15, 0.2) is 12.1 Å². The molecule has 1 atom stereocenters. The summed E-state index contributed by atoms with van der Waals surface area (Å²) in [5.41, 5.74) is 4.45. The molecule has 1 aromatic carbocycles. The van der Waals surface area contributed by atoms with Crippen LogP contribution in [0.5, 0.6) is 0 Å². The van der Waals surface area contributed by atoms with Crippen molar-refractivity contribution in [1.29, 1.82) is 0 Å². The molecule has 1 unspecified atom stereocenters. The lowest BCUT2D eigenvalue weighted by Crippen LogP contribution is -2.04. The van der Waals surface area contributed by atoms with Crippen LogP contribution < -0.4 is 5.30 Å². The fourth-order valence-electron chi connectivity index (χ4n) is 2.28. The highest BCUT2D eigenvalue weighted by atomic mass is 31.1. The number of hydrogen-bond acceptors (Lipinski definition) is 0. The standard InChI is InChI=1S/C17H29P/c1-5-6-7-8-9-10-13-18-17-12-11-14(2)15(3)16(17)4/h11-12,18H,5-10,13H2,1-4H3. The lowest BCUT2D eigenvalue weighted by atomic mass is 10.1. The number of aryl methyl sites for hydroxylation is 1. The van der Waals surface area contributed by atoms with E-state index in [0.29, 0.717) is 0 Å². The Morgan fingerprint density at radius 2 is 1.50 bits per heavy atom. The molecule has 0 aliphatic rings. The first-order valence-corrected chi connectivity index (χ1v) is 8.68. The summed E-state index contributed by atoms with van der Waals surface area (Å²) in [5, 5.41) is 1.59. The molecule has 0 saturated carbocycles. The molecular weight excluding hydrogens is 235 g/mol. The van der Waals surface area contributed by atoms with Gasteiger partial charge in [-0.15, -0.1) is 0 Å². The zero-order chi connectivity index (χ0) is 13.4. The first kappa shape index (κ1) is 15.7.